The number of aliphatic hydroxyl groups excluding tert-OH is 1. The van der Waals surface area contributed by atoms with Crippen LogP contribution in [0.4, 0.5) is 0 Å². The molecule has 0 unspecified atom stereocenters. The van der Waals surface area contributed by atoms with Gasteiger partial charge in [-0.05, 0) is 43.9 Å². The molecule has 90 valence electrons. The van der Waals surface area contributed by atoms with E-state index in [0.29, 0.717) is 18.0 Å². The van der Waals surface area contributed by atoms with Gasteiger partial charge >= 0.3 is 0 Å². The first-order valence-corrected chi connectivity index (χ1v) is 6.48. The zero-order valence-electron chi connectivity index (χ0n) is 10.5. The average molecular weight is 213 g/mol. The van der Waals surface area contributed by atoms with Gasteiger partial charge in [-0.15, -0.1) is 0 Å². The van der Waals surface area contributed by atoms with Crippen molar-refractivity contribution in [3.63, 3.8) is 0 Å². The Balaban J connectivity index is 2.25. The van der Waals surface area contributed by atoms with Crippen LogP contribution >= 0.6 is 0 Å². The molecule has 1 saturated carbocycles. The molecular weight excluding hydrogens is 186 g/mol. The molecule has 0 saturated heterocycles. The summed E-state index contributed by atoms with van der Waals surface area (Å²) in [6.45, 7) is 7.05. The maximum absolute atomic E-state index is 9.30. The minimum absolute atomic E-state index is 0.282. The molecule has 15 heavy (non-hydrogen) atoms. The average Bonchev–Trinajstić information content (AvgIpc) is 2.19. The van der Waals surface area contributed by atoms with Crippen LogP contribution in [0.1, 0.15) is 52.9 Å². The molecule has 0 aromatic heterocycles. The van der Waals surface area contributed by atoms with Crippen LogP contribution in [0.5, 0.6) is 0 Å². The molecule has 0 aromatic rings. The molecule has 1 fully saturated rings. The predicted octanol–water partition coefficient (Wildman–Crippen LogP) is 2.56. The second kappa shape index (κ2) is 6.49. The lowest BCUT2D eigenvalue weighted by molar-refractivity contribution is 0.194. The molecule has 0 heterocycles. The third-order valence-electron chi connectivity index (χ3n) is 3.46. The largest absolute Gasteiger partial charge is 0.395 e. The van der Waals surface area contributed by atoms with Gasteiger partial charge in [-0.1, -0.05) is 20.8 Å². The van der Waals surface area contributed by atoms with Crippen molar-refractivity contribution < 1.29 is 5.11 Å². The smallest absolute Gasteiger partial charge is 0.0584 e. The monoisotopic (exact) mass is 213 g/mol. The SMILES string of the molecule is CC(C)C[C@H](CO)NC1CCC(C)CC1. The van der Waals surface area contributed by atoms with E-state index in [1.807, 2.05) is 0 Å². The van der Waals surface area contributed by atoms with Crippen LogP contribution in [-0.4, -0.2) is 23.8 Å². The maximum Gasteiger partial charge on any atom is 0.0584 e. The Kier molecular flexibility index (Phi) is 5.62. The van der Waals surface area contributed by atoms with Crippen molar-refractivity contribution in [3.05, 3.63) is 0 Å². The molecule has 1 aliphatic rings. The van der Waals surface area contributed by atoms with Crippen LogP contribution in [0.2, 0.25) is 0 Å². The summed E-state index contributed by atoms with van der Waals surface area (Å²) in [7, 11) is 0. The highest BCUT2D eigenvalue weighted by atomic mass is 16.3. The third-order valence-corrected chi connectivity index (χ3v) is 3.46. The van der Waals surface area contributed by atoms with E-state index < -0.39 is 0 Å². The molecule has 2 N–H and O–H groups in total. The van der Waals surface area contributed by atoms with E-state index in [1.54, 1.807) is 0 Å². The second-order valence-corrected chi connectivity index (χ2v) is 5.63. The van der Waals surface area contributed by atoms with Gasteiger partial charge in [0.25, 0.3) is 0 Å². The van der Waals surface area contributed by atoms with E-state index in [2.05, 4.69) is 26.1 Å². The molecule has 1 aliphatic carbocycles. The number of hydrogen-bond acceptors (Lipinski definition) is 2. The van der Waals surface area contributed by atoms with Gasteiger partial charge in [0.1, 0.15) is 0 Å². The van der Waals surface area contributed by atoms with Gasteiger partial charge in [-0.3, -0.25) is 0 Å². The van der Waals surface area contributed by atoms with Gasteiger partial charge in [0, 0.05) is 12.1 Å². The maximum atomic E-state index is 9.30. The van der Waals surface area contributed by atoms with Crippen molar-refractivity contribution in [2.24, 2.45) is 11.8 Å². The topological polar surface area (TPSA) is 32.3 Å². The molecule has 0 bridgehead atoms. The van der Waals surface area contributed by atoms with Crippen LogP contribution in [-0.2, 0) is 0 Å². The van der Waals surface area contributed by atoms with E-state index in [9.17, 15) is 5.11 Å². The number of rotatable bonds is 5. The first-order valence-electron chi connectivity index (χ1n) is 6.48. The molecular formula is C13H27NO. The van der Waals surface area contributed by atoms with E-state index in [4.69, 9.17) is 0 Å². The predicted molar refractivity (Wildman–Crippen MR) is 64.9 cm³/mol. The Labute approximate surface area is 94.5 Å². The molecule has 0 radical (unpaired) electrons. The third kappa shape index (κ3) is 4.98. The lowest BCUT2D eigenvalue weighted by atomic mass is 9.87. The van der Waals surface area contributed by atoms with Gasteiger partial charge in [-0.25, -0.2) is 0 Å². The lowest BCUT2D eigenvalue weighted by Crippen LogP contribution is -2.42. The van der Waals surface area contributed by atoms with E-state index in [0.717, 1.165) is 12.3 Å². The summed E-state index contributed by atoms with van der Waals surface area (Å²) in [5, 5.41) is 12.9. The number of hydrogen-bond donors (Lipinski definition) is 2. The van der Waals surface area contributed by atoms with Gasteiger partial charge < -0.3 is 10.4 Å². The molecule has 0 aromatic carbocycles. The van der Waals surface area contributed by atoms with Gasteiger partial charge in [0.15, 0.2) is 0 Å². The summed E-state index contributed by atoms with van der Waals surface area (Å²) >= 11 is 0. The summed E-state index contributed by atoms with van der Waals surface area (Å²) in [5.74, 6) is 1.57. The number of aliphatic hydroxyl groups is 1. The summed E-state index contributed by atoms with van der Waals surface area (Å²) in [6, 6.07) is 0.959. The van der Waals surface area contributed by atoms with Crippen LogP contribution in [0.25, 0.3) is 0 Å². The Bertz CT molecular complexity index is 162. The molecule has 2 heteroatoms. The standard InChI is InChI=1S/C13H27NO/c1-10(2)8-13(9-15)14-12-6-4-11(3)5-7-12/h10-15H,4-9H2,1-3H3/t11?,12?,13-/m1/s1. The summed E-state index contributed by atoms with van der Waals surface area (Å²) < 4.78 is 0. The number of nitrogens with one attached hydrogen (secondary N) is 1. The lowest BCUT2D eigenvalue weighted by Gasteiger charge is -2.31. The molecule has 2 nitrogen and oxygen atoms in total. The van der Waals surface area contributed by atoms with Crippen LogP contribution in [0.15, 0.2) is 0 Å². The van der Waals surface area contributed by atoms with Crippen molar-refractivity contribution in [1.82, 2.24) is 5.32 Å². The van der Waals surface area contributed by atoms with Crippen LogP contribution < -0.4 is 5.32 Å². The van der Waals surface area contributed by atoms with Gasteiger partial charge in [-0.2, -0.15) is 0 Å². The summed E-state index contributed by atoms with van der Waals surface area (Å²) in [5.41, 5.74) is 0. The van der Waals surface area contributed by atoms with E-state index in [1.165, 1.54) is 25.7 Å². The normalized spacial score (nSPS) is 29.4. The minimum Gasteiger partial charge on any atom is -0.395 e. The van der Waals surface area contributed by atoms with Crippen molar-refractivity contribution in [3.8, 4) is 0 Å². The van der Waals surface area contributed by atoms with Crippen LogP contribution in [0, 0.1) is 11.8 Å². The van der Waals surface area contributed by atoms with Crippen molar-refractivity contribution in [2.75, 3.05) is 6.61 Å². The first kappa shape index (κ1) is 13.0. The highest BCUT2D eigenvalue weighted by Gasteiger charge is 2.20. The van der Waals surface area contributed by atoms with Gasteiger partial charge in [0.2, 0.25) is 0 Å². The van der Waals surface area contributed by atoms with Crippen molar-refractivity contribution in [2.45, 2.75) is 65.0 Å². The molecule has 1 atom stereocenters. The molecule has 0 aliphatic heterocycles. The van der Waals surface area contributed by atoms with E-state index >= 15 is 0 Å². The van der Waals surface area contributed by atoms with Gasteiger partial charge in [0.05, 0.1) is 6.61 Å². The van der Waals surface area contributed by atoms with Crippen molar-refractivity contribution >= 4 is 0 Å². The Hall–Kier alpha value is -0.0800. The highest BCUT2D eigenvalue weighted by molar-refractivity contribution is 4.79. The minimum atomic E-state index is 0.282. The quantitative estimate of drug-likeness (QED) is 0.735. The second-order valence-electron chi connectivity index (χ2n) is 5.63. The van der Waals surface area contributed by atoms with Crippen molar-refractivity contribution in [1.29, 1.82) is 0 Å². The summed E-state index contributed by atoms with van der Waals surface area (Å²) in [6.07, 6.45) is 6.35. The van der Waals surface area contributed by atoms with Crippen LogP contribution in [0.3, 0.4) is 0 Å². The fraction of sp³-hybridized carbons (Fsp3) is 1.00. The highest BCUT2D eigenvalue weighted by Crippen LogP contribution is 2.24. The molecule has 1 rings (SSSR count). The fourth-order valence-corrected chi connectivity index (χ4v) is 2.52. The Morgan fingerprint density at radius 3 is 2.27 bits per heavy atom. The van der Waals surface area contributed by atoms with E-state index in [-0.39, 0.29) is 6.61 Å². The molecule has 0 spiro atoms. The zero-order chi connectivity index (χ0) is 11.3. The summed E-state index contributed by atoms with van der Waals surface area (Å²) in [4.78, 5) is 0. The Morgan fingerprint density at radius 2 is 1.80 bits per heavy atom. The zero-order valence-corrected chi connectivity index (χ0v) is 10.5. The fourth-order valence-electron chi connectivity index (χ4n) is 2.52. The first-order chi connectivity index (χ1) is 7.11. The molecule has 0 amide bonds. The Morgan fingerprint density at radius 1 is 1.20 bits per heavy atom.